The molecule has 2 unspecified atom stereocenters. The van der Waals surface area contributed by atoms with Gasteiger partial charge < -0.3 is 14.7 Å². The average molecular weight is 294 g/mol. The Bertz CT molecular complexity index is 622. The van der Waals surface area contributed by atoms with E-state index < -0.39 is 0 Å². The summed E-state index contributed by atoms with van der Waals surface area (Å²) in [7, 11) is 0. The number of para-hydroxylation sites is 1. The van der Waals surface area contributed by atoms with Crippen molar-refractivity contribution in [3.05, 3.63) is 29.5 Å². The topological polar surface area (TPSA) is 58.5 Å². The van der Waals surface area contributed by atoms with E-state index in [4.69, 9.17) is 16.3 Å². The van der Waals surface area contributed by atoms with E-state index in [1.54, 1.807) is 0 Å². The molecule has 20 heavy (non-hydrogen) atoms. The van der Waals surface area contributed by atoms with Gasteiger partial charge in [-0.1, -0.05) is 12.1 Å². The van der Waals surface area contributed by atoms with Crippen LogP contribution in [0.5, 0.6) is 0 Å². The van der Waals surface area contributed by atoms with Crippen molar-refractivity contribution in [2.45, 2.75) is 19.1 Å². The first-order valence-electron chi connectivity index (χ1n) is 6.61. The third-order valence-electron chi connectivity index (χ3n) is 3.39. The highest BCUT2D eigenvalue weighted by molar-refractivity contribution is 6.28. The van der Waals surface area contributed by atoms with Crippen LogP contribution in [-0.4, -0.2) is 47.0 Å². The maximum Gasteiger partial charge on any atom is 0.224 e. The predicted molar refractivity (Wildman–Crippen MR) is 78.2 cm³/mol. The Labute approximate surface area is 122 Å². The largest absolute Gasteiger partial charge is 0.394 e. The molecule has 0 radical (unpaired) electrons. The lowest BCUT2D eigenvalue weighted by Crippen LogP contribution is -2.48. The molecule has 1 saturated heterocycles. The fourth-order valence-corrected chi connectivity index (χ4v) is 2.76. The molecule has 0 aliphatic carbocycles. The standard InChI is InChI=1S/C14H16ClN3O2/c1-9-6-18(7-10(8-19)20-9)13-11-4-2-3-5-12(11)16-14(15)17-13/h2-5,9-10,19H,6-8H2,1H3. The van der Waals surface area contributed by atoms with Crippen molar-refractivity contribution in [1.82, 2.24) is 9.97 Å². The molecule has 2 aromatic rings. The van der Waals surface area contributed by atoms with Crippen LogP contribution >= 0.6 is 11.6 Å². The number of hydrogen-bond acceptors (Lipinski definition) is 5. The second-order valence-corrected chi connectivity index (χ2v) is 5.33. The van der Waals surface area contributed by atoms with Crippen LogP contribution in [0.1, 0.15) is 6.92 Å². The van der Waals surface area contributed by atoms with Gasteiger partial charge in [-0.2, -0.15) is 4.98 Å². The van der Waals surface area contributed by atoms with Crippen molar-refractivity contribution >= 4 is 28.3 Å². The second kappa shape index (κ2) is 5.52. The molecule has 106 valence electrons. The minimum absolute atomic E-state index is 0.00239. The number of hydrogen-bond donors (Lipinski definition) is 1. The molecule has 1 aromatic carbocycles. The van der Waals surface area contributed by atoms with E-state index in [9.17, 15) is 5.11 Å². The lowest BCUT2D eigenvalue weighted by Gasteiger charge is -2.37. The lowest BCUT2D eigenvalue weighted by atomic mass is 10.2. The molecule has 3 rings (SSSR count). The fourth-order valence-electron chi connectivity index (χ4n) is 2.59. The quantitative estimate of drug-likeness (QED) is 0.857. The summed E-state index contributed by atoms with van der Waals surface area (Å²) in [5, 5.41) is 10.5. The van der Waals surface area contributed by atoms with Gasteiger partial charge >= 0.3 is 0 Å². The summed E-state index contributed by atoms with van der Waals surface area (Å²) in [5.41, 5.74) is 0.821. The number of aliphatic hydroxyl groups excluding tert-OH is 1. The molecule has 0 saturated carbocycles. The Morgan fingerprint density at radius 3 is 2.95 bits per heavy atom. The summed E-state index contributed by atoms with van der Waals surface area (Å²) in [6, 6.07) is 7.78. The molecule has 1 N–H and O–H groups in total. The van der Waals surface area contributed by atoms with Gasteiger partial charge in [0.05, 0.1) is 24.3 Å². The normalized spacial score (nSPS) is 23.2. The number of ether oxygens (including phenoxy) is 1. The van der Waals surface area contributed by atoms with Gasteiger partial charge in [0.25, 0.3) is 0 Å². The Kier molecular flexibility index (Phi) is 3.74. The zero-order chi connectivity index (χ0) is 14.1. The molecule has 0 bridgehead atoms. The molecule has 2 heterocycles. The molecule has 0 amide bonds. The van der Waals surface area contributed by atoms with Crippen molar-refractivity contribution in [2.75, 3.05) is 24.6 Å². The van der Waals surface area contributed by atoms with Gasteiger partial charge in [0, 0.05) is 18.5 Å². The van der Waals surface area contributed by atoms with Crippen LogP contribution in [-0.2, 0) is 4.74 Å². The smallest absolute Gasteiger partial charge is 0.224 e. The zero-order valence-electron chi connectivity index (χ0n) is 11.2. The van der Waals surface area contributed by atoms with E-state index in [0.717, 1.165) is 16.7 Å². The number of nitrogens with zero attached hydrogens (tertiary/aromatic N) is 3. The average Bonchev–Trinajstić information content (AvgIpc) is 2.45. The van der Waals surface area contributed by atoms with Crippen LogP contribution in [0, 0.1) is 0 Å². The number of morpholine rings is 1. The van der Waals surface area contributed by atoms with Crippen LogP contribution in [0.3, 0.4) is 0 Å². The van der Waals surface area contributed by atoms with Crippen LogP contribution in [0.4, 0.5) is 5.82 Å². The molecule has 2 atom stereocenters. The third-order valence-corrected chi connectivity index (χ3v) is 3.55. The van der Waals surface area contributed by atoms with E-state index in [0.29, 0.717) is 13.1 Å². The Balaban J connectivity index is 2.04. The van der Waals surface area contributed by atoms with E-state index in [-0.39, 0.29) is 24.1 Å². The summed E-state index contributed by atoms with van der Waals surface area (Å²) in [4.78, 5) is 10.7. The Morgan fingerprint density at radius 2 is 2.15 bits per heavy atom. The van der Waals surface area contributed by atoms with Gasteiger partial charge in [0.15, 0.2) is 0 Å². The van der Waals surface area contributed by atoms with Crippen molar-refractivity contribution in [1.29, 1.82) is 0 Å². The van der Waals surface area contributed by atoms with E-state index in [1.165, 1.54) is 0 Å². The summed E-state index contributed by atoms with van der Waals surface area (Å²) < 4.78 is 5.66. The van der Waals surface area contributed by atoms with E-state index in [1.807, 2.05) is 31.2 Å². The highest BCUT2D eigenvalue weighted by Crippen LogP contribution is 2.27. The molecule has 1 fully saturated rings. The molecular formula is C14H16ClN3O2. The summed E-state index contributed by atoms with van der Waals surface area (Å²) in [5.74, 6) is 0.800. The zero-order valence-corrected chi connectivity index (χ0v) is 11.9. The second-order valence-electron chi connectivity index (χ2n) is 4.99. The molecule has 0 spiro atoms. The summed E-state index contributed by atoms with van der Waals surface area (Å²) in [6.45, 7) is 3.30. The SMILES string of the molecule is CC1CN(c2nc(Cl)nc3ccccc23)CC(CO)O1. The molecule has 1 aliphatic rings. The number of anilines is 1. The van der Waals surface area contributed by atoms with Crippen LogP contribution in [0.25, 0.3) is 10.9 Å². The van der Waals surface area contributed by atoms with Gasteiger partial charge in [-0.25, -0.2) is 4.98 Å². The van der Waals surface area contributed by atoms with Gasteiger partial charge in [-0.3, -0.25) is 0 Å². The molecule has 1 aromatic heterocycles. The Hall–Kier alpha value is -1.43. The minimum Gasteiger partial charge on any atom is -0.394 e. The number of aliphatic hydroxyl groups is 1. The van der Waals surface area contributed by atoms with Gasteiger partial charge in [0.1, 0.15) is 5.82 Å². The fraction of sp³-hybridized carbons (Fsp3) is 0.429. The van der Waals surface area contributed by atoms with Gasteiger partial charge in [-0.05, 0) is 30.7 Å². The molecule has 5 nitrogen and oxygen atoms in total. The molecule has 1 aliphatic heterocycles. The molecular weight excluding hydrogens is 278 g/mol. The lowest BCUT2D eigenvalue weighted by molar-refractivity contribution is -0.0422. The highest BCUT2D eigenvalue weighted by Gasteiger charge is 2.27. The van der Waals surface area contributed by atoms with Crippen molar-refractivity contribution in [3.63, 3.8) is 0 Å². The summed E-state index contributed by atoms with van der Waals surface area (Å²) in [6.07, 6.45) is -0.167. The first kappa shape index (κ1) is 13.5. The summed E-state index contributed by atoms with van der Waals surface area (Å²) >= 11 is 6.02. The first-order valence-corrected chi connectivity index (χ1v) is 6.98. The number of benzene rings is 1. The first-order chi connectivity index (χ1) is 9.67. The number of halogens is 1. The number of fused-ring (bicyclic) bond motifs is 1. The van der Waals surface area contributed by atoms with Crippen LogP contribution < -0.4 is 4.90 Å². The minimum atomic E-state index is -0.203. The van der Waals surface area contributed by atoms with Crippen molar-refractivity contribution < 1.29 is 9.84 Å². The van der Waals surface area contributed by atoms with Crippen LogP contribution in [0.15, 0.2) is 24.3 Å². The van der Waals surface area contributed by atoms with E-state index >= 15 is 0 Å². The maximum atomic E-state index is 9.33. The van der Waals surface area contributed by atoms with Gasteiger partial charge in [0.2, 0.25) is 5.28 Å². The van der Waals surface area contributed by atoms with Crippen molar-refractivity contribution in [3.8, 4) is 0 Å². The van der Waals surface area contributed by atoms with Crippen LogP contribution in [0.2, 0.25) is 5.28 Å². The predicted octanol–water partition coefficient (Wildman–Crippen LogP) is 1.87. The number of rotatable bonds is 2. The van der Waals surface area contributed by atoms with E-state index in [2.05, 4.69) is 14.9 Å². The third kappa shape index (κ3) is 2.57. The highest BCUT2D eigenvalue weighted by atomic mass is 35.5. The maximum absolute atomic E-state index is 9.33. The van der Waals surface area contributed by atoms with Crippen molar-refractivity contribution in [2.24, 2.45) is 0 Å². The van der Waals surface area contributed by atoms with Gasteiger partial charge in [-0.15, -0.1) is 0 Å². The monoisotopic (exact) mass is 293 g/mol. The number of aromatic nitrogens is 2. The Morgan fingerprint density at radius 1 is 1.35 bits per heavy atom. The molecule has 6 heteroatoms.